The van der Waals surface area contributed by atoms with E-state index in [1.54, 1.807) is 31.1 Å². The van der Waals surface area contributed by atoms with Crippen LogP contribution in [0, 0.1) is 0 Å². The molecule has 0 aliphatic carbocycles. The highest BCUT2D eigenvalue weighted by atomic mass is 16.2. The Kier molecular flexibility index (Phi) is 6.44. The third-order valence-corrected chi connectivity index (χ3v) is 5.64. The van der Waals surface area contributed by atoms with E-state index in [-0.39, 0.29) is 24.3 Å². The highest BCUT2D eigenvalue weighted by Crippen LogP contribution is 2.29. The largest absolute Gasteiger partial charge is 0.373 e. The predicted octanol–water partition coefficient (Wildman–Crippen LogP) is 3.31. The van der Waals surface area contributed by atoms with Crippen LogP contribution in [0.5, 0.6) is 0 Å². The number of likely N-dealkylation sites (tertiary alicyclic amines) is 1. The fraction of sp³-hybridized carbons (Fsp3) is 0.280. The Labute approximate surface area is 188 Å². The van der Waals surface area contributed by atoms with Gasteiger partial charge in [0, 0.05) is 51.2 Å². The molecule has 0 spiro atoms. The first kappa shape index (κ1) is 21.5. The molecule has 1 aliphatic rings. The molecule has 2 heterocycles. The zero-order chi connectivity index (χ0) is 22.5. The van der Waals surface area contributed by atoms with E-state index in [2.05, 4.69) is 10.3 Å². The van der Waals surface area contributed by atoms with Crippen LogP contribution in [0.4, 0.5) is 5.82 Å². The first-order valence-electron chi connectivity index (χ1n) is 10.7. The van der Waals surface area contributed by atoms with E-state index < -0.39 is 0 Å². The minimum absolute atomic E-state index is 0.00445. The Bertz CT molecular complexity index is 1090. The summed E-state index contributed by atoms with van der Waals surface area (Å²) in [5.74, 6) is 1.26. The Morgan fingerprint density at radius 1 is 1.09 bits per heavy atom. The van der Waals surface area contributed by atoms with Crippen LogP contribution in [0.2, 0.25) is 0 Å². The van der Waals surface area contributed by atoms with Gasteiger partial charge in [0.05, 0.1) is 12.2 Å². The van der Waals surface area contributed by atoms with Crippen LogP contribution < -0.4 is 5.32 Å². The number of carbonyl (C=O) groups excluding carboxylic acids is 2. The fourth-order valence-electron chi connectivity index (χ4n) is 3.94. The lowest BCUT2D eigenvalue weighted by Gasteiger charge is -2.19. The van der Waals surface area contributed by atoms with Crippen molar-refractivity contribution in [1.82, 2.24) is 19.8 Å². The minimum Gasteiger partial charge on any atom is -0.373 e. The summed E-state index contributed by atoms with van der Waals surface area (Å²) in [6.07, 6.45) is 0.422. The predicted molar refractivity (Wildman–Crippen MR) is 123 cm³/mol. The number of nitrogens with one attached hydrogen (secondary N) is 1. The number of carbonyl (C=O) groups is 2. The number of benzene rings is 2. The number of anilines is 1. The van der Waals surface area contributed by atoms with Gasteiger partial charge >= 0.3 is 0 Å². The molecule has 1 atom stereocenters. The van der Waals surface area contributed by atoms with Crippen LogP contribution in [-0.2, 0) is 17.9 Å². The number of amides is 2. The summed E-state index contributed by atoms with van der Waals surface area (Å²) in [5, 5.41) is 3.07. The summed E-state index contributed by atoms with van der Waals surface area (Å²) in [5.41, 5.74) is 2.56. The maximum Gasteiger partial charge on any atom is 0.254 e. The highest BCUT2D eigenvalue weighted by molar-refractivity contribution is 5.93. The van der Waals surface area contributed by atoms with Gasteiger partial charge in [0.15, 0.2) is 0 Å². The van der Waals surface area contributed by atoms with E-state index in [0.29, 0.717) is 36.7 Å². The number of hydrogen-bond donors (Lipinski definition) is 1. The lowest BCUT2D eigenvalue weighted by atomic mass is 10.0. The summed E-state index contributed by atoms with van der Waals surface area (Å²) < 4.78 is 0. The van der Waals surface area contributed by atoms with Crippen LogP contribution in [0.15, 0.2) is 66.7 Å². The van der Waals surface area contributed by atoms with Gasteiger partial charge in [-0.25, -0.2) is 9.97 Å². The zero-order valence-electron chi connectivity index (χ0n) is 18.4. The number of aromatic nitrogens is 2. The molecule has 7 nitrogen and oxygen atoms in total. The van der Waals surface area contributed by atoms with Gasteiger partial charge in [-0.15, -0.1) is 0 Å². The van der Waals surface area contributed by atoms with Crippen molar-refractivity contribution in [2.24, 2.45) is 0 Å². The van der Waals surface area contributed by atoms with E-state index in [1.807, 2.05) is 59.5 Å². The Morgan fingerprint density at radius 3 is 2.47 bits per heavy atom. The number of hydrogen-bond acceptors (Lipinski definition) is 5. The van der Waals surface area contributed by atoms with Crippen LogP contribution in [-0.4, -0.2) is 52.2 Å². The molecule has 0 radical (unpaired) electrons. The monoisotopic (exact) mass is 429 g/mol. The molecule has 1 aromatic heterocycles. The molecule has 1 aliphatic heterocycles. The normalized spacial score (nSPS) is 15.6. The molecular formula is C25H27N5O2. The van der Waals surface area contributed by atoms with E-state index >= 15 is 0 Å². The quantitative estimate of drug-likeness (QED) is 0.623. The van der Waals surface area contributed by atoms with Crippen molar-refractivity contribution in [2.45, 2.75) is 25.4 Å². The Balaban J connectivity index is 1.49. The topological polar surface area (TPSA) is 78.4 Å². The van der Waals surface area contributed by atoms with Crippen LogP contribution in [0.1, 0.15) is 39.8 Å². The number of nitrogens with zero attached hydrogens (tertiary/aromatic N) is 4. The van der Waals surface area contributed by atoms with E-state index in [0.717, 1.165) is 11.3 Å². The van der Waals surface area contributed by atoms with Crippen LogP contribution >= 0.6 is 0 Å². The van der Waals surface area contributed by atoms with Gasteiger partial charge in [-0.1, -0.05) is 48.5 Å². The lowest BCUT2D eigenvalue weighted by Crippen LogP contribution is -2.27. The third-order valence-electron chi connectivity index (χ3n) is 5.64. The van der Waals surface area contributed by atoms with Gasteiger partial charge in [0.1, 0.15) is 11.6 Å². The summed E-state index contributed by atoms with van der Waals surface area (Å²) in [6, 6.07) is 21.0. The van der Waals surface area contributed by atoms with Crippen molar-refractivity contribution >= 4 is 17.6 Å². The molecule has 1 unspecified atom stereocenters. The molecule has 2 amide bonds. The van der Waals surface area contributed by atoms with Crippen LogP contribution in [0.25, 0.3) is 0 Å². The van der Waals surface area contributed by atoms with Crippen molar-refractivity contribution in [3.8, 4) is 0 Å². The van der Waals surface area contributed by atoms with Crippen molar-refractivity contribution in [1.29, 1.82) is 0 Å². The third kappa shape index (κ3) is 4.94. The molecule has 1 saturated heterocycles. The van der Waals surface area contributed by atoms with Gasteiger partial charge in [-0.3, -0.25) is 9.59 Å². The Morgan fingerprint density at radius 2 is 1.78 bits per heavy atom. The molecule has 3 aromatic rings. The van der Waals surface area contributed by atoms with Gasteiger partial charge in [0.2, 0.25) is 5.91 Å². The second-order valence-corrected chi connectivity index (χ2v) is 8.03. The fourth-order valence-corrected chi connectivity index (χ4v) is 3.94. The van der Waals surface area contributed by atoms with Crippen LogP contribution in [0.3, 0.4) is 0 Å². The average Bonchev–Trinajstić information content (AvgIpc) is 3.19. The van der Waals surface area contributed by atoms with Gasteiger partial charge in [-0.2, -0.15) is 0 Å². The van der Waals surface area contributed by atoms with Crippen molar-refractivity contribution in [3.63, 3.8) is 0 Å². The molecule has 1 fully saturated rings. The zero-order valence-corrected chi connectivity index (χ0v) is 18.4. The maximum absolute atomic E-state index is 12.7. The van der Waals surface area contributed by atoms with E-state index in [9.17, 15) is 9.59 Å². The van der Waals surface area contributed by atoms with Gasteiger partial charge in [-0.05, 0) is 17.7 Å². The summed E-state index contributed by atoms with van der Waals surface area (Å²) in [7, 11) is 3.54. The molecule has 0 saturated carbocycles. The standard InChI is InChI=1S/C25H27N5O2/c1-26-22-14-21(20-13-24(31)30(16-20)15-18-9-5-3-6-10-18)27-23(28-22)17-29(2)25(32)19-11-7-4-8-12-19/h3-12,14,20H,13,15-17H2,1-2H3,(H,26,27,28). The first-order chi connectivity index (χ1) is 15.5. The summed E-state index contributed by atoms with van der Waals surface area (Å²) >= 11 is 0. The minimum atomic E-state index is -0.0873. The second-order valence-electron chi connectivity index (χ2n) is 8.03. The molecular weight excluding hydrogens is 402 g/mol. The summed E-state index contributed by atoms with van der Waals surface area (Å²) in [4.78, 5) is 38.1. The van der Waals surface area contributed by atoms with Gasteiger partial charge in [0.25, 0.3) is 5.91 Å². The molecule has 0 bridgehead atoms. The molecule has 32 heavy (non-hydrogen) atoms. The molecule has 7 heteroatoms. The van der Waals surface area contributed by atoms with Crippen molar-refractivity contribution in [3.05, 3.63) is 89.4 Å². The lowest BCUT2D eigenvalue weighted by molar-refractivity contribution is -0.128. The van der Waals surface area contributed by atoms with E-state index in [4.69, 9.17) is 4.98 Å². The first-order valence-corrected chi connectivity index (χ1v) is 10.7. The highest BCUT2D eigenvalue weighted by Gasteiger charge is 2.32. The number of rotatable bonds is 7. The van der Waals surface area contributed by atoms with E-state index in [1.165, 1.54) is 0 Å². The van der Waals surface area contributed by atoms with Crippen molar-refractivity contribution < 1.29 is 9.59 Å². The molecule has 1 N–H and O–H groups in total. The van der Waals surface area contributed by atoms with Crippen molar-refractivity contribution in [2.75, 3.05) is 26.0 Å². The maximum atomic E-state index is 12.7. The SMILES string of the molecule is CNc1cc(C2CC(=O)N(Cc3ccccc3)C2)nc(CN(C)C(=O)c2ccccc2)n1. The molecule has 164 valence electrons. The summed E-state index contributed by atoms with van der Waals surface area (Å²) in [6.45, 7) is 1.50. The van der Waals surface area contributed by atoms with Gasteiger partial charge < -0.3 is 15.1 Å². The molecule has 2 aromatic carbocycles. The second kappa shape index (κ2) is 9.60. The Hall–Kier alpha value is -3.74. The molecule has 4 rings (SSSR count). The smallest absolute Gasteiger partial charge is 0.254 e. The average molecular weight is 430 g/mol.